The number of carbonyl (C=O) groups is 2. The standard InChI is InChI=1S/C23H23ClN4O3/c1-28(13-15-3-7-17(8-4-15)23(30)31-2)14-16-5-9-18(10-6-16)26-22(29)21-19(25)11-12-20(24)27-21/h3-12H,13-14,25H2,1-2H3,(H,26,29). The highest BCUT2D eigenvalue weighted by Crippen LogP contribution is 2.17. The number of nitrogen functional groups attached to an aromatic ring is 1. The third-order valence-corrected chi connectivity index (χ3v) is 4.81. The smallest absolute Gasteiger partial charge is 0.337 e. The molecule has 3 N–H and O–H groups in total. The molecule has 0 bridgehead atoms. The SMILES string of the molecule is COC(=O)c1ccc(CN(C)Cc2ccc(NC(=O)c3nc(Cl)ccc3N)cc2)cc1. The second kappa shape index (κ2) is 10.1. The van der Waals surface area contributed by atoms with E-state index in [1.807, 2.05) is 43.4 Å². The van der Waals surface area contributed by atoms with Crippen LogP contribution in [0.3, 0.4) is 0 Å². The van der Waals surface area contributed by atoms with E-state index in [9.17, 15) is 9.59 Å². The molecule has 0 unspecified atom stereocenters. The summed E-state index contributed by atoms with van der Waals surface area (Å²) in [5, 5.41) is 2.98. The number of ether oxygens (including phenoxy) is 1. The van der Waals surface area contributed by atoms with Crippen molar-refractivity contribution < 1.29 is 14.3 Å². The number of carbonyl (C=O) groups excluding carboxylic acids is 2. The predicted octanol–water partition coefficient (Wildman–Crippen LogP) is 3.99. The van der Waals surface area contributed by atoms with E-state index in [-0.39, 0.29) is 22.5 Å². The fourth-order valence-corrected chi connectivity index (χ4v) is 3.20. The number of anilines is 2. The Bertz CT molecular complexity index is 1070. The van der Waals surface area contributed by atoms with Gasteiger partial charge in [-0.25, -0.2) is 9.78 Å². The number of nitrogens with one attached hydrogen (secondary N) is 1. The van der Waals surface area contributed by atoms with Gasteiger partial charge in [0.05, 0.1) is 18.4 Å². The van der Waals surface area contributed by atoms with Gasteiger partial charge in [0.15, 0.2) is 5.69 Å². The van der Waals surface area contributed by atoms with Crippen LogP contribution in [0.15, 0.2) is 60.7 Å². The number of amides is 1. The van der Waals surface area contributed by atoms with Crippen LogP contribution in [-0.4, -0.2) is 35.9 Å². The van der Waals surface area contributed by atoms with Gasteiger partial charge >= 0.3 is 5.97 Å². The first-order chi connectivity index (χ1) is 14.9. The summed E-state index contributed by atoms with van der Waals surface area (Å²) in [5.41, 5.74) is 9.50. The first-order valence-corrected chi connectivity index (χ1v) is 9.91. The fraction of sp³-hybridized carbons (Fsp3) is 0.174. The third-order valence-electron chi connectivity index (χ3n) is 4.60. The number of halogens is 1. The van der Waals surface area contributed by atoms with Gasteiger partial charge in [0, 0.05) is 18.8 Å². The highest BCUT2D eigenvalue weighted by Gasteiger charge is 2.13. The number of nitrogens with zero attached hydrogens (tertiary/aromatic N) is 2. The molecule has 0 spiro atoms. The molecule has 2 aromatic carbocycles. The number of aromatic nitrogens is 1. The second-order valence-corrected chi connectivity index (χ2v) is 7.47. The van der Waals surface area contributed by atoms with E-state index in [1.54, 1.807) is 18.2 Å². The van der Waals surface area contributed by atoms with Crippen LogP contribution < -0.4 is 11.1 Å². The normalized spacial score (nSPS) is 10.7. The van der Waals surface area contributed by atoms with Crippen LogP contribution in [0.5, 0.6) is 0 Å². The minimum Gasteiger partial charge on any atom is -0.465 e. The molecule has 8 heteroatoms. The zero-order chi connectivity index (χ0) is 22.4. The lowest BCUT2D eigenvalue weighted by atomic mass is 10.1. The van der Waals surface area contributed by atoms with Gasteiger partial charge in [0.25, 0.3) is 5.91 Å². The zero-order valence-electron chi connectivity index (χ0n) is 17.3. The molecule has 0 saturated carbocycles. The summed E-state index contributed by atoms with van der Waals surface area (Å²) in [6, 6.07) is 18.0. The summed E-state index contributed by atoms with van der Waals surface area (Å²) in [6.45, 7) is 1.44. The Labute approximate surface area is 185 Å². The van der Waals surface area contributed by atoms with Gasteiger partial charge in [0.2, 0.25) is 0 Å². The molecule has 31 heavy (non-hydrogen) atoms. The van der Waals surface area contributed by atoms with Gasteiger partial charge in [-0.05, 0) is 54.6 Å². The molecule has 0 fully saturated rings. The number of rotatable bonds is 7. The van der Waals surface area contributed by atoms with Gasteiger partial charge in [0.1, 0.15) is 5.15 Å². The molecule has 0 aliphatic heterocycles. The molecular weight excluding hydrogens is 416 g/mol. The van der Waals surface area contributed by atoms with Crippen LogP contribution in [0.1, 0.15) is 32.0 Å². The van der Waals surface area contributed by atoms with E-state index in [4.69, 9.17) is 22.1 Å². The van der Waals surface area contributed by atoms with E-state index < -0.39 is 5.91 Å². The first-order valence-electron chi connectivity index (χ1n) is 9.54. The summed E-state index contributed by atoms with van der Waals surface area (Å²) < 4.78 is 4.71. The fourth-order valence-electron chi connectivity index (χ4n) is 3.06. The lowest BCUT2D eigenvalue weighted by Gasteiger charge is -2.17. The van der Waals surface area contributed by atoms with Crippen LogP contribution in [0.4, 0.5) is 11.4 Å². The number of hydrogen-bond acceptors (Lipinski definition) is 6. The van der Waals surface area contributed by atoms with Gasteiger partial charge in [-0.2, -0.15) is 0 Å². The lowest BCUT2D eigenvalue weighted by Crippen LogP contribution is -2.18. The van der Waals surface area contributed by atoms with Crippen molar-refractivity contribution >= 4 is 34.9 Å². The Kier molecular flexibility index (Phi) is 7.23. The second-order valence-electron chi connectivity index (χ2n) is 7.08. The monoisotopic (exact) mass is 438 g/mol. The van der Waals surface area contributed by atoms with Crippen molar-refractivity contribution in [1.82, 2.24) is 9.88 Å². The summed E-state index contributed by atoms with van der Waals surface area (Å²) in [7, 11) is 3.38. The Hall–Kier alpha value is -3.42. The number of benzene rings is 2. The summed E-state index contributed by atoms with van der Waals surface area (Å²) in [6.07, 6.45) is 0. The van der Waals surface area contributed by atoms with Crippen molar-refractivity contribution in [3.8, 4) is 0 Å². The topological polar surface area (TPSA) is 97.5 Å². The Morgan fingerprint density at radius 2 is 1.58 bits per heavy atom. The van der Waals surface area contributed by atoms with E-state index >= 15 is 0 Å². The van der Waals surface area contributed by atoms with E-state index in [0.717, 1.165) is 24.2 Å². The van der Waals surface area contributed by atoms with Crippen LogP contribution >= 0.6 is 11.6 Å². The maximum absolute atomic E-state index is 12.4. The third kappa shape index (κ3) is 6.04. The quantitative estimate of drug-likeness (QED) is 0.427. The molecule has 1 amide bonds. The predicted molar refractivity (Wildman–Crippen MR) is 121 cm³/mol. The van der Waals surface area contributed by atoms with Crippen LogP contribution in [0.2, 0.25) is 5.15 Å². The Balaban J connectivity index is 1.56. The highest BCUT2D eigenvalue weighted by molar-refractivity contribution is 6.29. The number of methoxy groups -OCH3 is 1. The molecule has 1 heterocycles. The number of hydrogen-bond donors (Lipinski definition) is 2. The highest BCUT2D eigenvalue weighted by atomic mass is 35.5. The maximum Gasteiger partial charge on any atom is 0.337 e. The summed E-state index contributed by atoms with van der Waals surface area (Å²) in [4.78, 5) is 30.0. The molecule has 3 rings (SSSR count). The van der Waals surface area contributed by atoms with Gasteiger partial charge in [-0.15, -0.1) is 0 Å². The van der Waals surface area contributed by atoms with Crippen molar-refractivity contribution in [2.24, 2.45) is 0 Å². The Morgan fingerprint density at radius 3 is 2.16 bits per heavy atom. The molecule has 0 aliphatic rings. The van der Waals surface area contributed by atoms with E-state index in [0.29, 0.717) is 11.3 Å². The van der Waals surface area contributed by atoms with Gasteiger partial charge in [-0.1, -0.05) is 35.9 Å². The van der Waals surface area contributed by atoms with Crippen molar-refractivity contribution in [1.29, 1.82) is 0 Å². The molecule has 0 aliphatic carbocycles. The minimum atomic E-state index is -0.416. The van der Waals surface area contributed by atoms with Crippen molar-refractivity contribution in [3.05, 3.63) is 88.2 Å². The van der Waals surface area contributed by atoms with Gasteiger partial charge in [-0.3, -0.25) is 9.69 Å². The van der Waals surface area contributed by atoms with E-state index in [2.05, 4.69) is 15.2 Å². The van der Waals surface area contributed by atoms with Crippen LogP contribution in [0.25, 0.3) is 0 Å². The minimum absolute atomic E-state index is 0.0922. The van der Waals surface area contributed by atoms with Crippen LogP contribution in [0, 0.1) is 0 Å². The number of nitrogens with two attached hydrogens (primary N) is 1. The van der Waals surface area contributed by atoms with Crippen LogP contribution in [-0.2, 0) is 17.8 Å². The van der Waals surface area contributed by atoms with Crippen molar-refractivity contribution in [2.75, 3.05) is 25.2 Å². The molecular formula is C23H23ClN4O3. The first kappa shape index (κ1) is 22.3. The molecule has 3 aromatic rings. The Morgan fingerprint density at radius 1 is 1.00 bits per heavy atom. The summed E-state index contributed by atoms with van der Waals surface area (Å²) >= 11 is 5.85. The lowest BCUT2D eigenvalue weighted by molar-refractivity contribution is 0.0600. The molecule has 0 atom stereocenters. The van der Waals surface area contributed by atoms with E-state index in [1.165, 1.54) is 13.2 Å². The number of pyridine rings is 1. The molecule has 7 nitrogen and oxygen atoms in total. The molecule has 1 aromatic heterocycles. The molecule has 0 saturated heterocycles. The zero-order valence-corrected chi connectivity index (χ0v) is 18.0. The van der Waals surface area contributed by atoms with Gasteiger partial charge < -0.3 is 15.8 Å². The maximum atomic E-state index is 12.4. The van der Waals surface area contributed by atoms with Crippen molar-refractivity contribution in [2.45, 2.75) is 13.1 Å². The average molecular weight is 439 g/mol. The summed E-state index contributed by atoms with van der Waals surface area (Å²) in [5.74, 6) is -0.763. The number of esters is 1. The average Bonchev–Trinajstić information content (AvgIpc) is 2.76. The largest absolute Gasteiger partial charge is 0.465 e. The molecule has 0 radical (unpaired) electrons. The molecule has 160 valence electrons. The van der Waals surface area contributed by atoms with Crippen molar-refractivity contribution in [3.63, 3.8) is 0 Å².